The molecule has 2 aromatic heterocycles. The van der Waals surface area contributed by atoms with E-state index in [4.69, 9.17) is 9.47 Å². The predicted octanol–water partition coefficient (Wildman–Crippen LogP) is 5.04. The molecule has 0 spiro atoms. The molecule has 24 heavy (non-hydrogen) atoms. The Labute approximate surface area is 149 Å². The zero-order valence-electron chi connectivity index (χ0n) is 13.1. The standard InChI is InChI=1S/C19H17BrN2O2/c20-16-7-1-8-17(13-16)24-19-18(9-3-11-22-19)23-12-4-6-15-5-2-10-21-14-15/h1-3,5,7-11,13-14H,4,6,12H2. The third-order valence-electron chi connectivity index (χ3n) is 3.34. The maximum atomic E-state index is 5.84. The van der Waals surface area contributed by atoms with Gasteiger partial charge in [0.25, 0.3) is 5.88 Å². The molecule has 4 nitrogen and oxygen atoms in total. The number of nitrogens with zero attached hydrogens (tertiary/aromatic N) is 2. The molecular weight excluding hydrogens is 368 g/mol. The molecule has 0 atom stereocenters. The van der Waals surface area contributed by atoms with E-state index in [1.54, 1.807) is 12.4 Å². The van der Waals surface area contributed by atoms with E-state index < -0.39 is 0 Å². The van der Waals surface area contributed by atoms with Crippen molar-refractivity contribution < 1.29 is 9.47 Å². The predicted molar refractivity (Wildman–Crippen MR) is 96.5 cm³/mol. The summed E-state index contributed by atoms with van der Waals surface area (Å²) in [6.07, 6.45) is 7.18. The zero-order chi connectivity index (χ0) is 16.6. The van der Waals surface area contributed by atoms with E-state index in [1.165, 1.54) is 5.56 Å². The summed E-state index contributed by atoms with van der Waals surface area (Å²) in [5, 5.41) is 0. The van der Waals surface area contributed by atoms with Gasteiger partial charge in [-0.2, -0.15) is 0 Å². The molecule has 5 heteroatoms. The Bertz CT molecular complexity index is 781. The van der Waals surface area contributed by atoms with Crippen LogP contribution in [0, 0.1) is 0 Å². The van der Waals surface area contributed by atoms with Crippen molar-refractivity contribution in [3.8, 4) is 17.4 Å². The summed E-state index contributed by atoms with van der Waals surface area (Å²) in [4.78, 5) is 8.38. The highest BCUT2D eigenvalue weighted by molar-refractivity contribution is 9.10. The van der Waals surface area contributed by atoms with Crippen molar-refractivity contribution in [3.63, 3.8) is 0 Å². The summed E-state index contributed by atoms with van der Waals surface area (Å²) >= 11 is 3.43. The number of benzene rings is 1. The molecule has 0 aliphatic heterocycles. The molecule has 0 unspecified atom stereocenters. The smallest absolute Gasteiger partial charge is 0.262 e. The molecule has 3 rings (SSSR count). The quantitative estimate of drug-likeness (QED) is 0.535. The van der Waals surface area contributed by atoms with Crippen LogP contribution in [0.25, 0.3) is 0 Å². The Morgan fingerprint density at radius 2 is 1.92 bits per heavy atom. The largest absolute Gasteiger partial charge is 0.488 e. The molecular formula is C19H17BrN2O2. The van der Waals surface area contributed by atoms with Gasteiger partial charge in [0.05, 0.1) is 6.61 Å². The fourth-order valence-corrected chi connectivity index (χ4v) is 2.59. The molecule has 2 heterocycles. The Hall–Kier alpha value is -2.40. The average molecular weight is 385 g/mol. The van der Waals surface area contributed by atoms with Crippen molar-refractivity contribution in [1.82, 2.24) is 9.97 Å². The van der Waals surface area contributed by atoms with Crippen LogP contribution in [0.1, 0.15) is 12.0 Å². The maximum Gasteiger partial charge on any atom is 0.262 e. The highest BCUT2D eigenvalue weighted by Gasteiger charge is 2.07. The molecule has 0 bridgehead atoms. The summed E-state index contributed by atoms with van der Waals surface area (Å²) in [5.74, 6) is 1.82. The third kappa shape index (κ3) is 4.80. The van der Waals surface area contributed by atoms with Gasteiger partial charge in [0.2, 0.25) is 0 Å². The number of aryl methyl sites for hydroxylation is 1. The molecule has 0 saturated carbocycles. The molecule has 0 aliphatic carbocycles. The summed E-state index contributed by atoms with van der Waals surface area (Å²) in [6.45, 7) is 0.593. The monoisotopic (exact) mass is 384 g/mol. The molecule has 0 N–H and O–H groups in total. The number of halogens is 1. The molecule has 0 amide bonds. The highest BCUT2D eigenvalue weighted by Crippen LogP contribution is 2.30. The van der Waals surface area contributed by atoms with Gasteiger partial charge >= 0.3 is 0 Å². The number of hydrogen-bond donors (Lipinski definition) is 0. The summed E-state index contributed by atoms with van der Waals surface area (Å²) in [7, 11) is 0. The van der Waals surface area contributed by atoms with Gasteiger partial charge in [-0.1, -0.05) is 28.1 Å². The first-order valence-corrected chi connectivity index (χ1v) is 8.51. The summed E-state index contributed by atoms with van der Waals surface area (Å²) < 4.78 is 12.6. The Balaban J connectivity index is 1.58. The molecule has 122 valence electrons. The van der Waals surface area contributed by atoms with Crippen molar-refractivity contribution in [2.24, 2.45) is 0 Å². The molecule has 3 aromatic rings. The first kappa shape index (κ1) is 16.5. The average Bonchev–Trinajstić information content (AvgIpc) is 2.61. The van der Waals surface area contributed by atoms with Gasteiger partial charge in [-0.25, -0.2) is 4.98 Å². The third-order valence-corrected chi connectivity index (χ3v) is 3.83. The Kier molecular flexibility index (Phi) is 5.80. The van der Waals surface area contributed by atoms with Gasteiger partial charge in [-0.15, -0.1) is 0 Å². The van der Waals surface area contributed by atoms with Crippen LogP contribution < -0.4 is 9.47 Å². The fourth-order valence-electron chi connectivity index (χ4n) is 2.21. The van der Waals surface area contributed by atoms with Crippen LogP contribution in [0.15, 0.2) is 71.6 Å². The van der Waals surface area contributed by atoms with Gasteiger partial charge in [0.15, 0.2) is 5.75 Å². The van der Waals surface area contributed by atoms with Crippen LogP contribution in [-0.2, 0) is 6.42 Å². The normalized spacial score (nSPS) is 10.4. The van der Waals surface area contributed by atoms with Gasteiger partial charge in [-0.3, -0.25) is 4.98 Å². The van der Waals surface area contributed by atoms with E-state index >= 15 is 0 Å². The zero-order valence-corrected chi connectivity index (χ0v) is 14.6. The van der Waals surface area contributed by atoms with E-state index in [9.17, 15) is 0 Å². The highest BCUT2D eigenvalue weighted by atomic mass is 79.9. The fraction of sp³-hybridized carbons (Fsp3) is 0.158. The lowest BCUT2D eigenvalue weighted by Crippen LogP contribution is -2.01. The van der Waals surface area contributed by atoms with E-state index in [0.29, 0.717) is 24.0 Å². The van der Waals surface area contributed by atoms with Gasteiger partial charge in [0, 0.05) is 23.1 Å². The van der Waals surface area contributed by atoms with Crippen molar-refractivity contribution in [2.75, 3.05) is 6.61 Å². The van der Waals surface area contributed by atoms with E-state index in [1.807, 2.05) is 48.7 Å². The number of pyridine rings is 2. The summed E-state index contributed by atoms with van der Waals surface area (Å²) in [6, 6.07) is 15.3. The molecule has 0 aliphatic rings. The Morgan fingerprint density at radius 1 is 1.00 bits per heavy atom. The van der Waals surface area contributed by atoms with Crippen LogP contribution >= 0.6 is 15.9 Å². The van der Waals surface area contributed by atoms with Crippen molar-refractivity contribution in [3.05, 3.63) is 77.2 Å². The molecule has 0 radical (unpaired) electrons. The van der Waals surface area contributed by atoms with Crippen molar-refractivity contribution >= 4 is 15.9 Å². The minimum Gasteiger partial charge on any atom is -0.488 e. The van der Waals surface area contributed by atoms with Crippen LogP contribution in [-0.4, -0.2) is 16.6 Å². The van der Waals surface area contributed by atoms with E-state index in [-0.39, 0.29) is 0 Å². The van der Waals surface area contributed by atoms with Crippen LogP contribution in [0.4, 0.5) is 0 Å². The molecule has 0 fully saturated rings. The Morgan fingerprint density at radius 3 is 2.75 bits per heavy atom. The lowest BCUT2D eigenvalue weighted by atomic mass is 10.2. The lowest BCUT2D eigenvalue weighted by molar-refractivity contribution is 0.293. The second-order valence-electron chi connectivity index (χ2n) is 5.18. The maximum absolute atomic E-state index is 5.84. The first-order valence-electron chi connectivity index (χ1n) is 7.71. The second-order valence-corrected chi connectivity index (χ2v) is 6.10. The second kappa shape index (κ2) is 8.45. The number of ether oxygens (including phenoxy) is 2. The number of hydrogen-bond acceptors (Lipinski definition) is 4. The number of rotatable bonds is 7. The van der Waals surface area contributed by atoms with Crippen molar-refractivity contribution in [2.45, 2.75) is 12.8 Å². The van der Waals surface area contributed by atoms with E-state index in [0.717, 1.165) is 17.3 Å². The molecule has 1 aromatic carbocycles. The number of aromatic nitrogens is 2. The van der Waals surface area contributed by atoms with Crippen LogP contribution in [0.3, 0.4) is 0 Å². The molecule has 0 saturated heterocycles. The van der Waals surface area contributed by atoms with Crippen LogP contribution in [0.5, 0.6) is 17.4 Å². The minimum absolute atomic E-state index is 0.469. The summed E-state index contributed by atoms with van der Waals surface area (Å²) in [5.41, 5.74) is 1.21. The van der Waals surface area contributed by atoms with Gasteiger partial charge in [0.1, 0.15) is 5.75 Å². The van der Waals surface area contributed by atoms with Crippen molar-refractivity contribution in [1.29, 1.82) is 0 Å². The minimum atomic E-state index is 0.469. The SMILES string of the molecule is Brc1cccc(Oc2ncccc2OCCCc2cccnc2)c1. The topological polar surface area (TPSA) is 44.2 Å². The van der Waals surface area contributed by atoms with Gasteiger partial charge in [-0.05, 0) is 54.8 Å². The van der Waals surface area contributed by atoms with Gasteiger partial charge < -0.3 is 9.47 Å². The van der Waals surface area contributed by atoms with E-state index in [2.05, 4.69) is 32.0 Å². The first-order chi connectivity index (χ1) is 11.8. The van der Waals surface area contributed by atoms with Crippen LogP contribution in [0.2, 0.25) is 0 Å². The lowest BCUT2D eigenvalue weighted by Gasteiger charge is -2.11.